The molecule has 168 valence electrons. The maximum Gasteiger partial charge on any atom is 0.0605 e. The number of hydrogen-bond donors (Lipinski definition) is 3. The van der Waals surface area contributed by atoms with Crippen molar-refractivity contribution in [3.05, 3.63) is 0 Å². The first-order valence-electron chi connectivity index (χ1n) is 12.7. The molecule has 3 N–H and O–H groups in total. The van der Waals surface area contributed by atoms with Gasteiger partial charge in [-0.3, -0.25) is 0 Å². The van der Waals surface area contributed by atoms with Crippen LogP contribution in [0.5, 0.6) is 0 Å². The quantitative estimate of drug-likeness (QED) is 0.601. The van der Waals surface area contributed by atoms with Crippen LogP contribution in [0.1, 0.15) is 91.9 Å². The first-order valence-corrected chi connectivity index (χ1v) is 12.7. The SMILES string of the molecule is CC[C@H]1[C@@H](O)C2C3CC[C@H]([C@H](C)CCCO)[C@@]3(C)CCC2[C@@]2(C)CC[C@@H](O)C[C@@H]12. The summed E-state index contributed by atoms with van der Waals surface area (Å²) in [4.78, 5) is 0. The number of fused-ring (bicyclic) bond motifs is 5. The standard InChI is InChI=1S/C26H46O3/c1-5-18-22-15-17(28)10-12-26(22,4)21-11-13-25(3)19(16(2)7-6-14-27)8-9-20(25)23(21)24(18)29/h16-24,27-29H,5-15H2,1-4H3/t16-,17-,18-,19-,20?,21?,22+,23?,24-,25-,26-/m1/s1. The fraction of sp³-hybridized carbons (Fsp3) is 1.00. The van der Waals surface area contributed by atoms with Gasteiger partial charge in [0.05, 0.1) is 12.2 Å². The topological polar surface area (TPSA) is 60.7 Å². The van der Waals surface area contributed by atoms with E-state index in [1.165, 1.54) is 25.7 Å². The van der Waals surface area contributed by atoms with Crippen LogP contribution in [0.4, 0.5) is 0 Å². The van der Waals surface area contributed by atoms with Crippen LogP contribution in [0.25, 0.3) is 0 Å². The molecule has 0 aromatic rings. The van der Waals surface area contributed by atoms with Gasteiger partial charge in [0, 0.05) is 6.61 Å². The lowest BCUT2D eigenvalue weighted by Gasteiger charge is -2.64. The molecule has 4 saturated carbocycles. The van der Waals surface area contributed by atoms with E-state index >= 15 is 0 Å². The second kappa shape index (κ2) is 8.10. The van der Waals surface area contributed by atoms with Crippen LogP contribution in [0.2, 0.25) is 0 Å². The van der Waals surface area contributed by atoms with E-state index in [0.29, 0.717) is 52.9 Å². The molecule has 0 bridgehead atoms. The summed E-state index contributed by atoms with van der Waals surface area (Å²) >= 11 is 0. The predicted molar refractivity (Wildman–Crippen MR) is 117 cm³/mol. The fourth-order valence-electron chi connectivity index (χ4n) is 9.55. The Morgan fingerprint density at radius 2 is 1.62 bits per heavy atom. The van der Waals surface area contributed by atoms with Crippen molar-refractivity contribution in [2.75, 3.05) is 6.61 Å². The highest BCUT2D eigenvalue weighted by Crippen LogP contribution is 2.69. The third-order valence-corrected chi connectivity index (χ3v) is 11.0. The smallest absolute Gasteiger partial charge is 0.0605 e. The minimum atomic E-state index is -0.190. The fourth-order valence-corrected chi connectivity index (χ4v) is 9.55. The van der Waals surface area contributed by atoms with E-state index in [0.717, 1.165) is 44.4 Å². The van der Waals surface area contributed by atoms with E-state index in [-0.39, 0.29) is 12.2 Å². The Labute approximate surface area is 178 Å². The molecule has 11 atom stereocenters. The van der Waals surface area contributed by atoms with Gasteiger partial charge >= 0.3 is 0 Å². The zero-order chi connectivity index (χ0) is 21.0. The maximum absolute atomic E-state index is 11.7. The molecule has 0 aliphatic heterocycles. The Morgan fingerprint density at radius 1 is 0.931 bits per heavy atom. The van der Waals surface area contributed by atoms with Crippen LogP contribution in [-0.2, 0) is 0 Å². The molecule has 4 aliphatic carbocycles. The average molecular weight is 407 g/mol. The summed E-state index contributed by atoms with van der Waals surface area (Å²) in [6.45, 7) is 10.0. The number of aliphatic hydroxyl groups excluding tert-OH is 3. The van der Waals surface area contributed by atoms with Gasteiger partial charge in [0.15, 0.2) is 0 Å². The van der Waals surface area contributed by atoms with Crippen molar-refractivity contribution in [3.8, 4) is 0 Å². The van der Waals surface area contributed by atoms with Crippen molar-refractivity contribution < 1.29 is 15.3 Å². The zero-order valence-corrected chi connectivity index (χ0v) is 19.3. The number of rotatable bonds is 5. The van der Waals surface area contributed by atoms with E-state index in [1.54, 1.807) is 0 Å². The van der Waals surface area contributed by atoms with Gasteiger partial charge in [-0.25, -0.2) is 0 Å². The second-order valence-electron chi connectivity index (χ2n) is 12.0. The predicted octanol–water partition coefficient (Wildman–Crippen LogP) is 5.02. The maximum atomic E-state index is 11.7. The Kier molecular flexibility index (Phi) is 6.17. The van der Waals surface area contributed by atoms with Gasteiger partial charge < -0.3 is 15.3 Å². The lowest BCUT2D eigenvalue weighted by molar-refractivity contribution is -0.203. The lowest BCUT2D eigenvalue weighted by atomic mass is 9.41. The molecular formula is C26H46O3. The van der Waals surface area contributed by atoms with Crippen LogP contribution >= 0.6 is 0 Å². The van der Waals surface area contributed by atoms with E-state index in [1.807, 2.05) is 0 Å². The van der Waals surface area contributed by atoms with Crippen molar-refractivity contribution in [3.63, 3.8) is 0 Å². The average Bonchev–Trinajstić information content (AvgIpc) is 3.05. The molecule has 0 saturated heterocycles. The van der Waals surface area contributed by atoms with Crippen LogP contribution in [0, 0.1) is 52.3 Å². The molecule has 0 amide bonds. The van der Waals surface area contributed by atoms with Crippen LogP contribution in [0.3, 0.4) is 0 Å². The van der Waals surface area contributed by atoms with E-state index in [9.17, 15) is 15.3 Å². The first-order chi connectivity index (χ1) is 13.8. The van der Waals surface area contributed by atoms with Gasteiger partial charge in [-0.1, -0.05) is 34.1 Å². The Morgan fingerprint density at radius 3 is 2.31 bits per heavy atom. The van der Waals surface area contributed by atoms with Crippen LogP contribution in [-0.4, -0.2) is 34.1 Å². The minimum Gasteiger partial charge on any atom is -0.396 e. The molecule has 3 heteroatoms. The van der Waals surface area contributed by atoms with Gasteiger partial charge in [0.2, 0.25) is 0 Å². The summed E-state index contributed by atoms with van der Waals surface area (Å²) in [7, 11) is 0. The molecule has 3 unspecified atom stereocenters. The second-order valence-corrected chi connectivity index (χ2v) is 12.0. The molecule has 0 aromatic carbocycles. The third-order valence-electron chi connectivity index (χ3n) is 11.0. The highest BCUT2D eigenvalue weighted by Gasteiger charge is 2.64. The largest absolute Gasteiger partial charge is 0.396 e. The zero-order valence-electron chi connectivity index (χ0n) is 19.3. The summed E-state index contributed by atoms with van der Waals surface area (Å²) in [6.07, 6.45) is 10.9. The van der Waals surface area contributed by atoms with Crippen molar-refractivity contribution in [2.24, 2.45) is 52.3 Å². The number of hydrogen-bond acceptors (Lipinski definition) is 3. The summed E-state index contributed by atoms with van der Waals surface area (Å²) < 4.78 is 0. The lowest BCUT2D eigenvalue weighted by Crippen LogP contribution is -2.62. The molecule has 0 radical (unpaired) electrons. The van der Waals surface area contributed by atoms with Gasteiger partial charge in [0.1, 0.15) is 0 Å². The Hall–Kier alpha value is -0.120. The summed E-state index contributed by atoms with van der Waals surface area (Å²) in [6, 6.07) is 0. The third kappa shape index (κ3) is 3.33. The highest BCUT2D eigenvalue weighted by molar-refractivity contribution is 5.13. The molecule has 4 rings (SSSR count). The Balaban J connectivity index is 1.63. The number of aliphatic hydroxyl groups is 3. The summed E-state index contributed by atoms with van der Waals surface area (Å²) in [5, 5.41) is 31.4. The van der Waals surface area contributed by atoms with Gasteiger partial charge in [-0.05, 0) is 110 Å². The van der Waals surface area contributed by atoms with E-state index < -0.39 is 0 Å². The molecule has 0 heterocycles. The van der Waals surface area contributed by atoms with Crippen molar-refractivity contribution in [2.45, 2.75) is 104 Å². The highest BCUT2D eigenvalue weighted by atomic mass is 16.3. The van der Waals surface area contributed by atoms with Crippen molar-refractivity contribution in [1.82, 2.24) is 0 Å². The molecule has 29 heavy (non-hydrogen) atoms. The summed E-state index contributed by atoms with van der Waals surface area (Å²) in [5.41, 5.74) is 0.651. The van der Waals surface area contributed by atoms with Crippen molar-refractivity contribution >= 4 is 0 Å². The first kappa shape index (κ1) is 22.1. The Bertz CT molecular complexity index is 578. The van der Waals surface area contributed by atoms with Gasteiger partial charge in [-0.15, -0.1) is 0 Å². The van der Waals surface area contributed by atoms with E-state index in [2.05, 4.69) is 27.7 Å². The summed E-state index contributed by atoms with van der Waals surface area (Å²) in [5.74, 6) is 3.97. The monoisotopic (exact) mass is 406 g/mol. The minimum absolute atomic E-state index is 0.164. The van der Waals surface area contributed by atoms with Gasteiger partial charge in [0.25, 0.3) is 0 Å². The normalized spacial score (nSPS) is 53.1. The molecule has 3 nitrogen and oxygen atoms in total. The molecule has 0 aromatic heterocycles. The van der Waals surface area contributed by atoms with Crippen LogP contribution in [0.15, 0.2) is 0 Å². The van der Waals surface area contributed by atoms with Crippen LogP contribution < -0.4 is 0 Å². The van der Waals surface area contributed by atoms with E-state index in [4.69, 9.17) is 0 Å². The molecule has 4 aliphatic rings. The molecular weight excluding hydrogens is 360 g/mol. The molecule has 0 spiro atoms. The molecule has 4 fully saturated rings. The van der Waals surface area contributed by atoms with Gasteiger partial charge in [-0.2, -0.15) is 0 Å². The van der Waals surface area contributed by atoms with Crippen molar-refractivity contribution in [1.29, 1.82) is 0 Å².